The number of hydrogen-bond acceptors (Lipinski definition) is 5. The van der Waals surface area contributed by atoms with E-state index in [1.807, 2.05) is 48.7 Å². The van der Waals surface area contributed by atoms with E-state index in [1.54, 1.807) is 29.8 Å². The van der Waals surface area contributed by atoms with Gasteiger partial charge in [-0.3, -0.25) is 9.48 Å². The molecule has 2 heterocycles. The molecule has 0 aliphatic carbocycles. The van der Waals surface area contributed by atoms with Crippen LogP contribution < -0.4 is 5.32 Å². The van der Waals surface area contributed by atoms with Crippen LogP contribution in [-0.4, -0.2) is 37.7 Å². The Balaban J connectivity index is 1.40. The summed E-state index contributed by atoms with van der Waals surface area (Å²) in [4.78, 5) is 12.5. The van der Waals surface area contributed by atoms with Crippen LogP contribution in [0.5, 0.6) is 0 Å². The summed E-state index contributed by atoms with van der Waals surface area (Å²) in [6, 6.07) is 14.7. The van der Waals surface area contributed by atoms with Gasteiger partial charge in [0.05, 0.1) is 18.2 Å². The number of carbonyl (C=O) groups excluding carboxylic acids is 1. The van der Waals surface area contributed by atoms with Crippen LogP contribution in [0.25, 0.3) is 0 Å². The van der Waals surface area contributed by atoms with Crippen molar-refractivity contribution in [3.05, 3.63) is 88.7 Å². The highest BCUT2D eigenvalue weighted by Gasteiger charge is 2.48. The lowest BCUT2D eigenvalue weighted by Crippen LogP contribution is -2.39. The molecule has 1 aliphatic rings. The van der Waals surface area contributed by atoms with Crippen molar-refractivity contribution in [1.29, 1.82) is 0 Å². The Morgan fingerprint density at radius 1 is 1.25 bits per heavy atom. The number of rotatable bonds is 8. The molecule has 1 unspecified atom stereocenters. The predicted molar refractivity (Wildman–Crippen MR) is 122 cm³/mol. The van der Waals surface area contributed by atoms with Crippen molar-refractivity contribution in [3.63, 3.8) is 0 Å². The average molecular weight is 453 g/mol. The van der Waals surface area contributed by atoms with E-state index in [0.29, 0.717) is 34.9 Å². The number of aliphatic hydroxyl groups is 2. The lowest BCUT2D eigenvalue weighted by molar-refractivity contribution is -0.137. The molecule has 2 aromatic carbocycles. The third-order valence-corrected chi connectivity index (χ3v) is 6.13. The Kier molecular flexibility index (Phi) is 6.41. The summed E-state index contributed by atoms with van der Waals surface area (Å²) in [6.07, 6.45) is 6.22. The van der Waals surface area contributed by atoms with E-state index in [4.69, 9.17) is 11.6 Å². The molecule has 1 aliphatic heterocycles. The number of allylic oxidation sites excluding steroid dienone is 1. The third kappa shape index (κ3) is 4.19. The second-order valence-corrected chi connectivity index (χ2v) is 8.40. The molecular formula is C24H25ClN4O3. The molecule has 0 saturated heterocycles. The highest BCUT2D eigenvalue weighted by molar-refractivity contribution is 6.31. The minimum atomic E-state index is -1.67. The maximum absolute atomic E-state index is 12.5. The number of carbonyl (C=O) groups is 1. The zero-order chi connectivity index (χ0) is 22.7. The number of aliphatic hydroxyl groups excluding tert-OH is 1. The Labute approximate surface area is 191 Å². The molecule has 7 nitrogen and oxygen atoms in total. The zero-order valence-corrected chi connectivity index (χ0v) is 18.4. The Bertz CT molecular complexity index is 1130. The van der Waals surface area contributed by atoms with Crippen LogP contribution in [0.15, 0.2) is 66.9 Å². The number of aryl methyl sites for hydroxylation is 1. The van der Waals surface area contributed by atoms with Crippen molar-refractivity contribution in [1.82, 2.24) is 15.0 Å². The third-order valence-electron chi connectivity index (χ3n) is 5.89. The maximum Gasteiger partial charge on any atom is 0.261 e. The Hall–Kier alpha value is -3.00. The first kappa shape index (κ1) is 22.2. The molecule has 8 heteroatoms. The lowest BCUT2D eigenvalue weighted by Gasteiger charge is -2.26. The molecule has 0 saturated carbocycles. The summed E-state index contributed by atoms with van der Waals surface area (Å²) < 4.78 is 1.72. The van der Waals surface area contributed by atoms with Gasteiger partial charge in [0.25, 0.3) is 5.91 Å². The molecule has 166 valence electrons. The summed E-state index contributed by atoms with van der Waals surface area (Å²) in [7, 11) is 0. The molecule has 1 amide bonds. The van der Waals surface area contributed by atoms with Crippen LogP contribution in [0.3, 0.4) is 0 Å². The Morgan fingerprint density at radius 2 is 2.03 bits per heavy atom. The van der Waals surface area contributed by atoms with E-state index < -0.39 is 17.4 Å². The fourth-order valence-corrected chi connectivity index (χ4v) is 4.19. The molecule has 0 fully saturated rings. The molecule has 32 heavy (non-hydrogen) atoms. The first-order chi connectivity index (χ1) is 15.4. The van der Waals surface area contributed by atoms with Gasteiger partial charge >= 0.3 is 0 Å². The van der Waals surface area contributed by atoms with Crippen molar-refractivity contribution in [3.8, 4) is 0 Å². The van der Waals surface area contributed by atoms with E-state index in [0.717, 1.165) is 5.56 Å². The van der Waals surface area contributed by atoms with E-state index in [9.17, 15) is 15.0 Å². The average Bonchev–Trinajstić information content (AvgIpc) is 3.36. The van der Waals surface area contributed by atoms with Gasteiger partial charge in [-0.2, -0.15) is 0 Å². The number of anilines is 1. The van der Waals surface area contributed by atoms with Crippen LogP contribution in [0.2, 0.25) is 5.02 Å². The second kappa shape index (κ2) is 9.24. The molecule has 1 aromatic heterocycles. The van der Waals surface area contributed by atoms with Crippen molar-refractivity contribution in [2.24, 2.45) is 5.92 Å². The number of fused-ring (bicyclic) bond motifs is 1. The van der Waals surface area contributed by atoms with Gasteiger partial charge in [-0.1, -0.05) is 66.2 Å². The van der Waals surface area contributed by atoms with Crippen LogP contribution in [0.4, 0.5) is 5.69 Å². The zero-order valence-electron chi connectivity index (χ0n) is 17.6. The van der Waals surface area contributed by atoms with Gasteiger partial charge in [0.1, 0.15) is 0 Å². The number of hydrogen-bond donors (Lipinski definition) is 3. The number of halogens is 1. The second-order valence-electron chi connectivity index (χ2n) is 7.97. The standard InChI is InChI=1S/C24H25ClN4O3/c1-16(24(32)20-13-18(25)10-11-21(20)26-23(24)31)7-5-6-12-29-14-22(27-28-29)19(15-30)17-8-3-2-4-9-17/h2-5,7-11,13-14,16,19,30,32H,6,12,15H2,1H3,(H,26,31)/b7-5+/t16-,19?,24+/m1/s1. The van der Waals surface area contributed by atoms with E-state index in [-0.39, 0.29) is 12.5 Å². The number of benzene rings is 2. The predicted octanol–water partition coefficient (Wildman–Crippen LogP) is 3.48. The largest absolute Gasteiger partial charge is 0.395 e. The van der Waals surface area contributed by atoms with Crippen molar-refractivity contribution in [2.75, 3.05) is 11.9 Å². The molecule has 0 radical (unpaired) electrons. The summed E-state index contributed by atoms with van der Waals surface area (Å²) in [5.74, 6) is -1.13. The molecule has 4 rings (SSSR count). The van der Waals surface area contributed by atoms with Gasteiger partial charge in [-0.15, -0.1) is 5.10 Å². The van der Waals surface area contributed by atoms with Crippen LogP contribution in [0.1, 0.15) is 36.1 Å². The normalized spacial score (nSPS) is 19.7. The number of nitrogens with zero attached hydrogens (tertiary/aromatic N) is 3. The maximum atomic E-state index is 12.5. The molecule has 0 spiro atoms. The van der Waals surface area contributed by atoms with Crippen LogP contribution >= 0.6 is 11.6 Å². The van der Waals surface area contributed by atoms with Gasteiger partial charge in [0.2, 0.25) is 0 Å². The fraction of sp³-hybridized carbons (Fsp3) is 0.292. The van der Waals surface area contributed by atoms with Gasteiger partial charge in [-0.05, 0) is 30.2 Å². The van der Waals surface area contributed by atoms with E-state index in [2.05, 4.69) is 15.6 Å². The summed E-state index contributed by atoms with van der Waals surface area (Å²) in [6.45, 7) is 2.33. The molecule has 3 atom stereocenters. The minimum absolute atomic E-state index is 0.0493. The number of amides is 1. The first-order valence-electron chi connectivity index (χ1n) is 10.5. The van der Waals surface area contributed by atoms with Gasteiger partial charge in [0, 0.05) is 34.9 Å². The summed E-state index contributed by atoms with van der Waals surface area (Å²) >= 11 is 6.07. The Morgan fingerprint density at radius 3 is 2.78 bits per heavy atom. The van der Waals surface area contributed by atoms with Crippen LogP contribution in [0, 0.1) is 5.92 Å². The number of nitrogens with one attached hydrogen (secondary N) is 1. The molecule has 3 aromatic rings. The molecule has 3 N–H and O–H groups in total. The lowest BCUT2D eigenvalue weighted by atomic mass is 9.83. The number of aromatic nitrogens is 3. The van der Waals surface area contributed by atoms with Gasteiger partial charge in [0.15, 0.2) is 5.60 Å². The summed E-state index contributed by atoms with van der Waals surface area (Å²) in [5, 5.41) is 32.5. The van der Waals surface area contributed by atoms with Crippen molar-refractivity contribution in [2.45, 2.75) is 31.4 Å². The molecular weight excluding hydrogens is 428 g/mol. The minimum Gasteiger partial charge on any atom is -0.395 e. The van der Waals surface area contributed by atoms with Crippen LogP contribution in [-0.2, 0) is 16.9 Å². The smallest absolute Gasteiger partial charge is 0.261 e. The highest BCUT2D eigenvalue weighted by atomic mass is 35.5. The fourth-order valence-electron chi connectivity index (χ4n) is 4.02. The van der Waals surface area contributed by atoms with Gasteiger partial charge < -0.3 is 15.5 Å². The SMILES string of the molecule is C[C@H](/C=C/CCn1cc(C(CO)c2ccccc2)nn1)[C@@]1(O)C(=O)Nc2ccc(Cl)cc21. The van der Waals surface area contributed by atoms with E-state index in [1.165, 1.54) is 0 Å². The molecule has 0 bridgehead atoms. The monoisotopic (exact) mass is 452 g/mol. The van der Waals surface area contributed by atoms with Crippen molar-refractivity contribution >= 4 is 23.2 Å². The summed E-state index contributed by atoms with van der Waals surface area (Å²) in [5.41, 5.74) is 1.10. The highest BCUT2D eigenvalue weighted by Crippen LogP contribution is 2.42. The first-order valence-corrected chi connectivity index (χ1v) is 10.9. The van der Waals surface area contributed by atoms with Crippen molar-refractivity contribution < 1.29 is 15.0 Å². The topological polar surface area (TPSA) is 100 Å². The van der Waals surface area contributed by atoms with E-state index >= 15 is 0 Å². The van der Waals surface area contributed by atoms with Gasteiger partial charge in [-0.25, -0.2) is 0 Å². The quantitative estimate of drug-likeness (QED) is 0.454.